The van der Waals surface area contributed by atoms with Gasteiger partial charge < -0.3 is 9.80 Å². The standard InChI is InChI=1S/C20H22N6O/c1-24(14-17-7-2-3-10-19(17)25-11-4-5-12-25)20(27)16-8-6-9-18(13-16)26-15-21-22-23-26/h2-3,6-10,13,15H,4-5,11-12,14H2,1H3. The molecule has 1 aliphatic heterocycles. The van der Waals surface area contributed by atoms with Crippen LogP contribution in [0.3, 0.4) is 0 Å². The molecular weight excluding hydrogens is 340 g/mol. The average Bonchev–Trinajstić information content (AvgIpc) is 3.42. The Morgan fingerprint density at radius 2 is 1.93 bits per heavy atom. The molecule has 1 amide bonds. The van der Waals surface area contributed by atoms with Crippen LogP contribution in [0.15, 0.2) is 54.9 Å². The van der Waals surface area contributed by atoms with Crippen molar-refractivity contribution in [3.8, 4) is 5.69 Å². The first-order chi connectivity index (χ1) is 13.2. The molecule has 2 heterocycles. The number of anilines is 1. The van der Waals surface area contributed by atoms with E-state index in [0.717, 1.165) is 18.8 Å². The van der Waals surface area contributed by atoms with Crippen LogP contribution in [-0.2, 0) is 6.54 Å². The van der Waals surface area contributed by atoms with Crippen molar-refractivity contribution in [1.29, 1.82) is 0 Å². The Hall–Kier alpha value is -3.22. The molecule has 1 aliphatic rings. The second kappa shape index (κ2) is 7.57. The predicted octanol–water partition coefficient (Wildman–Crippen LogP) is 2.53. The van der Waals surface area contributed by atoms with E-state index in [9.17, 15) is 4.79 Å². The molecule has 2 aromatic carbocycles. The minimum atomic E-state index is -0.0267. The molecule has 1 fully saturated rings. The number of nitrogens with zero attached hydrogens (tertiary/aromatic N) is 6. The Kier molecular flexibility index (Phi) is 4.82. The van der Waals surface area contributed by atoms with Gasteiger partial charge in [0.25, 0.3) is 5.91 Å². The quantitative estimate of drug-likeness (QED) is 0.698. The van der Waals surface area contributed by atoms with Gasteiger partial charge in [-0.25, -0.2) is 4.68 Å². The maximum absolute atomic E-state index is 13.0. The van der Waals surface area contributed by atoms with Crippen molar-refractivity contribution >= 4 is 11.6 Å². The Morgan fingerprint density at radius 1 is 1.11 bits per heavy atom. The number of tetrazole rings is 1. The van der Waals surface area contributed by atoms with Gasteiger partial charge in [-0.1, -0.05) is 24.3 Å². The summed E-state index contributed by atoms with van der Waals surface area (Å²) in [6.45, 7) is 2.74. The topological polar surface area (TPSA) is 67.2 Å². The zero-order valence-electron chi connectivity index (χ0n) is 15.3. The zero-order chi connectivity index (χ0) is 18.6. The Bertz CT molecular complexity index is 918. The molecule has 0 atom stereocenters. The zero-order valence-corrected chi connectivity index (χ0v) is 15.3. The van der Waals surface area contributed by atoms with Crippen molar-refractivity contribution in [1.82, 2.24) is 25.1 Å². The van der Waals surface area contributed by atoms with E-state index in [1.807, 2.05) is 37.4 Å². The lowest BCUT2D eigenvalue weighted by Crippen LogP contribution is -2.28. The van der Waals surface area contributed by atoms with E-state index >= 15 is 0 Å². The van der Waals surface area contributed by atoms with Crippen molar-refractivity contribution in [3.05, 3.63) is 66.0 Å². The third kappa shape index (κ3) is 3.67. The van der Waals surface area contributed by atoms with E-state index in [1.165, 1.54) is 30.4 Å². The number of amides is 1. The molecule has 1 saturated heterocycles. The third-order valence-electron chi connectivity index (χ3n) is 4.90. The van der Waals surface area contributed by atoms with E-state index in [-0.39, 0.29) is 5.91 Å². The number of hydrogen-bond donors (Lipinski definition) is 0. The van der Waals surface area contributed by atoms with Gasteiger partial charge in [0.2, 0.25) is 0 Å². The van der Waals surface area contributed by atoms with Gasteiger partial charge in [-0.15, -0.1) is 5.10 Å². The van der Waals surface area contributed by atoms with Crippen LogP contribution in [0.2, 0.25) is 0 Å². The van der Waals surface area contributed by atoms with Crippen LogP contribution in [0, 0.1) is 0 Å². The highest BCUT2D eigenvalue weighted by Gasteiger charge is 2.18. The van der Waals surface area contributed by atoms with Crippen molar-refractivity contribution in [2.75, 3.05) is 25.0 Å². The maximum atomic E-state index is 13.0. The molecule has 0 radical (unpaired) electrons. The minimum Gasteiger partial charge on any atom is -0.371 e. The first kappa shape index (κ1) is 17.2. The lowest BCUT2D eigenvalue weighted by Gasteiger charge is -2.24. The van der Waals surface area contributed by atoms with Crippen LogP contribution in [0.5, 0.6) is 0 Å². The smallest absolute Gasteiger partial charge is 0.253 e. The van der Waals surface area contributed by atoms with Crippen LogP contribution in [0.4, 0.5) is 5.69 Å². The Labute approximate surface area is 158 Å². The fourth-order valence-electron chi connectivity index (χ4n) is 3.52. The molecular formula is C20H22N6O. The van der Waals surface area contributed by atoms with Gasteiger partial charge in [0.15, 0.2) is 0 Å². The number of para-hydroxylation sites is 1. The van der Waals surface area contributed by atoms with E-state index < -0.39 is 0 Å². The van der Waals surface area contributed by atoms with Gasteiger partial charge in [-0.2, -0.15) is 0 Å². The Balaban J connectivity index is 1.53. The molecule has 1 aromatic heterocycles. The number of carbonyl (C=O) groups is 1. The number of carbonyl (C=O) groups excluding carboxylic acids is 1. The highest BCUT2D eigenvalue weighted by Crippen LogP contribution is 2.25. The first-order valence-corrected chi connectivity index (χ1v) is 9.14. The summed E-state index contributed by atoms with van der Waals surface area (Å²) in [6.07, 6.45) is 3.97. The summed E-state index contributed by atoms with van der Waals surface area (Å²) in [7, 11) is 1.84. The van der Waals surface area contributed by atoms with Gasteiger partial charge in [0.1, 0.15) is 6.33 Å². The molecule has 0 aliphatic carbocycles. The number of hydrogen-bond acceptors (Lipinski definition) is 5. The van der Waals surface area contributed by atoms with Gasteiger partial charge in [-0.05, 0) is 53.1 Å². The van der Waals surface area contributed by atoms with Crippen molar-refractivity contribution in [2.45, 2.75) is 19.4 Å². The van der Waals surface area contributed by atoms with Crippen molar-refractivity contribution in [2.24, 2.45) is 0 Å². The van der Waals surface area contributed by atoms with E-state index in [4.69, 9.17) is 0 Å². The SMILES string of the molecule is CN(Cc1ccccc1N1CCCC1)C(=O)c1cccc(-n2cnnn2)c1. The van der Waals surface area contributed by atoms with Gasteiger partial charge in [0, 0.05) is 37.9 Å². The molecule has 4 rings (SSSR count). The normalized spacial score (nSPS) is 13.7. The van der Waals surface area contributed by atoms with Crippen LogP contribution < -0.4 is 4.90 Å². The van der Waals surface area contributed by atoms with Gasteiger partial charge in [0.05, 0.1) is 5.69 Å². The molecule has 7 heteroatoms. The predicted molar refractivity (Wildman–Crippen MR) is 103 cm³/mol. The summed E-state index contributed by atoms with van der Waals surface area (Å²) in [6, 6.07) is 15.7. The van der Waals surface area contributed by atoms with E-state index in [0.29, 0.717) is 12.1 Å². The summed E-state index contributed by atoms with van der Waals surface area (Å²) in [4.78, 5) is 17.1. The molecule has 0 N–H and O–H groups in total. The summed E-state index contributed by atoms with van der Waals surface area (Å²) < 4.78 is 1.54. The second-order valence-corrected chi connectivity index (χ2v) is 6.79. The highest BCUT2D eigenvalue weighted by atomic mass is 16.2. The number of benzene rings is 2. The molecule has 0 spiro atoms. The number of rotatable bonds is 5. The minimum absolute atomic E-state index is 0.0267. The fraction of sp³-hybridized carbons (Fsp3) is 0.300. The molecule has 27 heavy (non-hydrogen) atoms. The van der Waals surface area contributed by atoms with E-state index in [1.54, 1.807) is 9.58 Å². The van der Waals surface area contributed by atoms with Gasteiger partial charge in [-0.3, -0.25) is 4.79 Å². The van der Waals surface area contributed by atoms with Crippen LogP contribution in [0.25, 0.3) is 5.69 Å². The van der Waals surface area contributed by atoms with Crippen LogP contribution in [-0.4, -0.2) is 51.2 Å². The van der Waals surface area contributed by atoms with Crippen LogP contribution >= 0.6 is 0 Å². The molecule has 138 valence electrons. The molecule has 3 aromatic rings. The molecule has 0 unspecified atom stereocenters. The number of aromatic nitrogens is 4. The average molecular weight is 362 g/mol. The lowest BCUT2D eigenvalue weighted by atomic mass is 10.1. The molecule has 7 nitrogen and oxygen atoms in total. The first-order valence-electron chi connectivity index (χ1n) is 9.14. The summed E-state index contributed by atoms with van der Waals surface area (Å²) in [5.74, 6) is -0.0267. The molecule has 0 saturated carbocycles. The highest BCUT2D eigenvalue weighted by molar-refractivity contribution is 5.94. The third-order valence-corrected chi connectivity index (χ3v) is 4.90. The largest absolute Gasteiger partial charge is 0.371 e. The van der Waals surface area contributed by atoms with Crippen molar-refractivity contribution in [3.63, 3.8) is 0 Å². The Morgan fingerprint density at radius 3 is 2.70 bits per heavy atom. The van der Waals surface area contributed by atoms with Crippen LogP contribution in [0.1, 0.15) is 28.8 Å². The monoisotopic (exact) mass is 362 g/mol. The maximum Gasteiger partial charge on any atom is 0.253 e. The van der Waals surface area contributed by atoms with E-state index in [2.05, 4.69) is 38.6 Å². The summed E-state index contributed by atoms with van der Waals surface area (Å²) >= 11 is 0. The van der Waals surface area contributed by atoms with Gasteiger partial charge >= 0.3 is 0 Å². The summed E-state index contributed by atoms with van der Waals surface area (Å²) in [5.41, 5.74) is 3.78. The fourth-order valence-corrected chi connectivity index (χ4v) is 3.52. The van der Waals surface area contributed by atoms with Crippen molar-refractivity contribution < 1.29 is 4.79 Å². The summed E-state index contributed by atoms with van der Waals surface area (Å²) in [5, 5.41) is 11.2. The molecule has 0 bridgehead atoms. The second-order valence-electron chi connectivity index (χ2n) is 6.79. The lowest BCUT2D eigenvalue weighted by molar-refractivity contribution is 0.0785.